The molecule has 1 aliphatic carbocycles. The van der Waals surface area contributed by atoms with E-state index in [4.69, 9.17) is 4.74 Å². The predicted molar refractivity (Wildman–Crippen MR) is 71.2 cm³/mol. The lowest BCUT2D eigenvalue weighted by Crippen LogP contribution is -2.32. The van der Waals surface area contributed by atoms with Crippen molar-refractivity contribution in [1.29, 1.82) is 0 Å². The highest BCUT2D eigenvalue weighted by Crippen LogP contribution is 2.28. The minimum atomic E-state index is 0.904. The Hall–Kier alpha value is -0.120. The van der Waals surface area contributed by atoms with Crippen molar-refractivity contribution in [3.8, 4) is 0 Å². The summed E-state index contributed by atoms with van der Waals surface area (Å²) in [4.78, 5) is 0. The first-order valence-electron chi connectivity index (χ1n) is 7.44. The third-order valence-electron chi connectivity index (χ3n) is 3.82. The quantitative estimate of drug-likeness (QED) is 0.603. The molecular weight excluding hydrogens is 212 g/mol. The minimum absolute atomic E-state index is 0.904. The maximum Gasteiger partial charge on any atom is 0.0494 e. The summed E-state index contributed by atoms with van der Waals surface area (Å²) < 4.78 is 5.60. The smallest absolute Gasteiger partial charge is 0.0494 e. The van der Waals surface area contributed by atoms with Gasteiger partial charge < -0.3 is 15.4 Å². The normalized spacial score (nSPS) is 25.1. The molecule has 1 saturated heterocycles. The van der Waals surface area contributed by atoms with E-state index in [-0.39, 0.29) is 0 Å². The summed E-state index contributed by atoms with van der Waals surface area (Å²) in [5, 5.41) is 7.00. The Kier molecular flexibility index (Phi) is 6.32. The van der Waals surface area contributed by atoms with E-state index in [1.54, 1.807) is 0 Å². The molecule has 2 rings (SSSR count). The maximum atomic E-state index is 5.60. The molecule has 2 fully saturated rings. The highest BCUT2D eigenvalue weighted by Gasteiger charge is 2.20. The fourth-order valence-electron chi connectivity index (χ4n) is 2.44. The lowest BCUT2D eigenvalue weighted by molar-refractivity contribution is 0.122. The van der Waals surface area contributed by atoms with Gasteiger partial charge in [-0.2, -0.15) is 0 Å². The van der Waals surface area contributed by atoms with Crippen LogP contribution in [0.1, 0.15) is 38.5 Å². The molecule has 2 aliphatic rings. The van der Waals surface area contributed by atoms with Crippen LogP contribution in [0.5, 0.6) is 0 Å². The lowest BCUT2D eigenvalue weighted by Gasteiger charge is -2.22. The molecule has 0 aromatic rings. The number of piperidine rings is 1. The molecular formula is C14H28N2O. The molecule has 1 unspecified atom stereocenters. The third kappa shape index (κ3) is 6.39. The molecule has 0 bridgehead atoms. The van der Waals surface area contributed by atoms with Crippen LogP contribution >= 0.6 is 0 Å². The average molecular weight is 240 g/mol. The monoisotopic (exact) mass is 240 g/mol. The molecule has 1 saturated carbocycles. The van der Waals surface area contributed by atoms with Crippen LogP contribution in [0.2, 0.25) is 0 Å². The molecule has 3 nitrogen and oxygen atoms in total. The van der Waals surface area contributed by atoms with E-state index in [0.29, 0.717) is 0 Å². The highest BCUT2D eigenvalue weighted by atomic mass is 16.5. The molecule has 17 heavy (non-hydrogen) atoms. The Morgan fingerprint density at radius 1 is 1.12 bits per heavy atom. The molecule has 1 aliphatic heterocycles. The first-order chi connectivity index (χ1) is 8.45. The number of ether oxygens (including phenoxy) is 1. The predicted octanol–water partition coefficient (Wildman–Crippen LogP) is 1.78. The Balaban J connectivity index is 1.31. The molecule has 3 heteroatoms. The molecule has 1 heterocycles. The van der Waals surface area contributed by atoms with Gasteiger partial charge in [0.25, 0.3) is 0 Å². The van der Waals surface area contributed by atoms with E-state index in [2.05, 4.69) is 10.6 Å². The van der Waals surface area contributed by atoms with Crippen molar-refractivity contribution >= 4 is 0 Å². The molecule has 2 N–H and O–H groups in total. The summed E-state index contributed by atoms with van der Waals surface area (Å²) in [6.45, 7) is 6.69. The van der Waals surface area contributed by atoms with Crippen molar-refractivity contribution in [2.45, 2.75) is 38.5 Å². The minimum Gasteiger partial charge on any atom is -0.381 e. The first kappa shape index (κ1) is 13.3. The standard InChI is InChI=1S/C14H28N2O/c1-3-13(11-16-7-1)6-9-15-8-2-10-17-12-14-4-5-14/h13-16H,1-12H2. The van der Waals surface area contributed by atoms with E-state index in [1.165, 1.54) is 51.7 Å². The summed E-state index contributed by atoms with van der Waals surface area (Å²) in [5.74, 6) is 1.81. The van der Waals surface area contributed by atoms with Gasteiger partial charge in [-0.05, 0) is 76.5 Å². The second-order valence-corrected chi connectivity index (χ2v) is 5.62. The van der Waals surface area contributed by atoms with Crippen molar-refractivity contribution in [3.05, 3.63) is 0 Å². The van der Waals surface area contributed by atoms with Gasteiger partial charge >= 0.3 is 0 Å². The second kappa shape index (κ2) is 8.06. The molecule has 0 amide bonds. The average Bonchev–Trinajstić information content (AvgIpc) is 3.18. The first-order valence-corrected chi connectivity index (χ1v) is 7.44. The number of nitrogens with one attached hydrogen (secondary N) is 2. The van der Waals surface area contributed by atoms with Crippen LogP contribution in [-0.4, -0.2) is 39.4 Å². The van der Waals surface area contributed by atoms with Crippen LogP contribution in [-0.2, 0) is 4.74 Å². The Morgan fingerprint density at radius 3 is 2.82 bits per heavy atom. The molecule has 1 atom stereocenters. The summed E-state index contributed by atoms with van der Waals surface area (Å²) in [6, 6.07) is 0. The van der Waals surface area contributed by atoms with Crippen molar-refractivity contribution in [1.82, 2.24) is 10.6 Å². The van der Waals surface area contributed by atoms with Gasteiger partial charge in [0.1, 0.15) is 0 Å². The molecule has 0 aromatic heterocycles. The van der Waals surface area contributed by atoms with Crippen molar-refractivity contribution < 1.29 is 4.74 Å². The van der Waals surface area contributed by atoms with Gasteiger partial charge in [0, 0.05) is 13.2 Å². The molecule has 100 valence electrons. The van der Waals surface area contributed by atoms with Gasteiger partial charge in [0.05, 0.1) is 0 Å². The fraction of sp³-hybridized carbons (Fsp3) is 1.00. The zero-order chi connectivity index (χ0) is 11.8. The Morgan fingerprint density at radius 2 is 2.06 bits per heavy atom. The van der Waals surface area contributed by atoms with Gasteiger partial charge in [-0.1, -0.05) is 0 Å². The third-order valence-corrected chi connectivity index (χ3v) is 3.82. The van der Waals surface area contributed by atoms with E-state index < -0.39 is 0 Å². The summed E-state index contributed by atoms with van der Waals surface area (Å²) in [6.07, 6.45) is 8.06. The van der Waals surface area contributed by atoms with Gasteiger partial charge in [-0.15, -0.1) is 0 Å². The largest absolute Gasteiger partial charge is 0.381 e. The van der Waals surface area contributed by atoms with E-state index in [0.717, 1.165) is 38.0 Å². The van der Waals surface area contributed by atoms with Crippen LogP contribution in [0, 0.1) is 11.8 Å². The zero-order valence-electron chi connectivity index (χ0n) is 11.0. The van der Waals surface area contributed by atoms with Crippen LogP contribution in [0.25, 0.3) is 0 Å². The van der Waals surface area contributed by atoms with E-state index >= 15 is 0 Å². The molecule has 0 aromatic carbocycles. The maximum absolute atomic E-state index is 5.60. The number of hydrogen-bond acceptors (Lipinski definition) is 3. The van der Waals surface area contributed by atoms with Crippen LogP contribution < -0.4 is 10.6 Å². The van der Waals surface area contributed by atoms with E-state index in [1.807, 2.05) is 0 Å². The molecule has 0 radical (unpaired) electrons. The van der Waals surface area contributed by atoms with Crippen molar-refractivity contribution in [3.63, 3.8) is 0 Å². The van der Waals surface area contributed by atoms with Crippen LogP contribution in [0.4, 0.5) is 0 Å². The second-order valence-electron chi connectivity index (χ2n) is 5.62. The lowest BCUT2D eigenvalue weighted by atomic mass is 9.96. The van der Waals surface area contributed by atoms with Gasteiger partial charge in [0.15, 0.2) is 0 Å². The zero-order valence-corrected chi connectivity index (χ0v) is 11.0. The fourth-order valence-corrected chi connectivity index (χ4v) is 2.44. The Labute approximate surface area is 106 Å². The summed E-state index contributed by atoms with van der Waals surface area (Å²) in [7, 11) is 0. The highest BCUT2D eigenvalue weighted by molar-refractivity contribution is 4.72. The van der Waals surface area contributed by atoms with Crippen LogP contribution in [0.3, 0.4) is 0 Å². The summed E-state index contributed by atoms with van der Waals surface area (Å²) >= 11 is 0. The number of rotatable bonds is 9. The van der Waals surface area contributed by atoms with Gasteiger partial charge in [0.2, 0.25) is 0 Å². The van der Waals surface area contributed by atoms with Gasteiger partial charge in [-0.25, -0.2) is 0 Å². The van der Waals surface area contributed by atoms with Crippen LogP contribution in [0.15, 0.2) is 0 Å². The van der Waals surface area contributed by atoms with Crippen molar-refractivity contribution in [2.75, 3.05) is 39.4 Å². The Bertz CT molecular complexity index is 189. The van der Waals surface area contributed by atoms with Gasteiger partial charge in [-0.3, -0.25) is 0 Å². The van der Waals surface area contributed by atoms with Crippen molar-refractivity contribution in [2.24, 2.45) is 11.8 Å². The van der Waals surface area contributed by atoms with E-state index in [9.17, 15) is 0 Å². The molecule has 0 spiro atoms. The topological polar surface area (TPSA) is 33.3 Å². The number of hydrogen-bond donors (Lipinski definition) is 2. The summed E-state index contributed by atoms with van der Waals surface area (Å²) in [5.41, 5.74) is 0. The SMILES string of the molecule is C(CNCCC1CCCNC1)COCC1CC1.